The van der Waals surface area contributed by atoms with Crippen LogP contribution in [0.2, 0.25) is 0 Å². The first-order chi connectivity index (χ1) is 7.27. The van der Waals surface area contributed by atoms with Crippen molar-refractivity contribution in [2.75, 3.05) is 0 Å². The average molecular weight is 217 g/mol. The molecule has 0 aliphatic rings. The Kier molecular flexibility index (Phi) is 3.08. The van der Waals surface area contributed by atoms with Crippen molar-refractivity contribution in [2.45, 2.75) is 12.3 Å². The molecule has 0 aliphatic carbocycles. The van der Waals surface area contributed by atoms with Crippen LogP contribution in [-0.4, -0.2) is 0 Å². The van der Waals surface area contributed by atoms with E-state index in [1.165, 1.54) is 11.1 Å². The summed E-state index contributed by atoms with van der Waals surface area (Å²) in [4.78, 5) is 0. The van der Waals surface area contributed by atoms with Gasteiger partial charge in [-0.1, -0.05) is 54.6 Å². The third kappa shape index (κ3) is 2.40. The first kappa shape index (κ1) is 10.3. The highest BCUT2D eigenvalue weighted by Crippen LogP contribution is 2.24. The summed E-state index contributed by atoms with van der Waals surface area (Å²) < 4.78 is 0. The van der Waals surface area contributed by atoms with Crippen LogP contribution in [-0.2, 0) is 0 Å². The number of benzene rings is 2. The lowest BCUT2D eigenvalue weighted by molar-refractivity contribution is 1.08. The second kappa shape index (κ2) is 4.50. The molecule has 2 aromatic carbocycles. The molecule has 0 aromatic heterocycles. The molecule has 1 unspecified atom stereocenters. The van der Waals surface area contributed by atoms with Gasteiger partial charge in [-0.2, -0.15) is 0 Å². The number of hydrogen-bond donors (Lipinski definition) is 0. The maximum Gasteiger partial charge on any atom is 0.0557 e. The zero-order valence-electron chi connectivity index (χ0n) is 8.65. The van der Waals surface area contributed by atoms with Crippen molar-refractivity contribution in [3.8, 4) is 11.1 Å². The van der Waals surface area contributed by atoms with Crippen molar-refractivity contribution < 1.29 is 0 Å². The fraction of sp³-hybridized carbons (Fsp3) is 0.143. The second-order valence-electron chi connectivity index (χ2n) is 3.60. The molecule has 15 heavy (non-hydrogen) atoms. The molecule has 0 aliphatic heterocycles. The van der Waals surface area contributed by atoms with E-state index in [0.29, 0.717) is 0 Å². The highest BCUT2D eigenvalue weighted by molar-refractivity contribution is 6.20. The van der Waals surface area contributed by atoms with Gasteiger partial charge in [0, 0.05) is 0 Å². The summed E-state index contributed by atoms with van der Waals surface area (Å²) in [5, 5.41) is 0.0785. The highest BCUT2D eigenvalue weighted by atomic mass is 35.5. The maximum absolute atomic E-state index is 6.00. The van der Waals surface area contributed by atoms with E-state index in [4.69, 9.17) is 11.6 Å². The van der Waals surface area contributed by atoms with Crippen molar-refractivity contribution in [2.24, 2.45) is 0 Å². The summed E-state index contributed by atoms with van der Waals surface area (Å²) in [6, 6.07) is 18.7. The molecule has 0 bridgehead atoms. The van der Waals surface area contributed by atoms with Crippen LogP contribution in [0.4, 0.5) is 0 Å². The summed E-state index contributed by atoms with van der Waals surface area (Å²) in [5.41, 5.74) is 3.64. The molecule has 0 spiro atoms. The van der Waals surface area contributed by atoms with Gasteiger partial charge < -0.3 is 0 Å². The molecule has 1 heteroatoms. The first-order valence-corrected chi connectivity index (χ1v) is 5.50. The van der Waals surface area contributed by atoms with Gasteiger partial charge in [-0.3, -0.25) is 0 Å². The molecular formula is C14H13Cl. The van der Waals surface area contributed by atoms with Crippen LogP contribution >= 0.6 is 11.6 Å². The molecule has 1 atom stereocenters. The molecule has 76 valence electrons. The van der Waals surface area contributed by atoms with Crippen LogP contribution in [0.3, 0.4) is 0 Å². The van der Waals surface area contributed by atoms with Crippen LogP contribution in [0.15, 0.2) is 54.6 Å². The fourth-order valence-electron chi connectivity index (χ4n) is 1.57. The predicted octanol–water partition coefficient (Wildman–Crippen LogP) is 4.65. The third-order valence-corrected chi connectivity index (χ3v) is 2.73. The molecule has 0 fully saturated rings. The minimum absolute atomic E-state index is 0.0785. The molecule has 0 nitrogen and oxygen atoms in total. The van der Waals surface area contributed by atoms with E-state index in [1.807, 2.05) is 25.1 Å². The van der Waals surface area contributed by atoms with E-state index in [2.05, 4.69) is 36.4 Å². The Labute approximate surface area is 95.5 Å². The molecule has 2 aromatic rings. The maximum atomic E-state index is 6.00. The lowest BCUT2D eigenvalue weighted by Crippen LogP contribution is -1.84. The monoisotopic (exact) mass is 216 g/mol. The normalized spacial score (nSPS) is 12.4. The summed E-state index contributed by atoms with van der Waals surface area (Å²) in [7, 11) is 0. The Bertz CT molecular complexity index is 415. The highest BCUT2D eigenvalue weighted by Gasteiger charge is 2.01. The van der Waals surface area contributed by atoms with E-state index in [0.717, 1.165) is 5.56 Å². The SMILES string of the molecule is CC(Cl)c1ccc(-c2ccccc2)cc1. The van der Waals surface area contributed by atoms with Crippen LogP contribution in [0.1, 0.15) is 17.9 Å². The minimum atomic E-state index is 0.0785. The number of halogens is 1. The van der Waals surface area contributed by atoms with Gasteiger partial charge in [0.1, 0.15) is 0 Å². The van der Waals surface area contributed by atoms with E-state index in [1.54, 1.807) is 0 Å². The van der Waals surface area contributed by atoms with Crippen LogP contribution in [0.25, 0.3) is 11.1 Å². The summed E-state index contributed by atoms with van der Waals surface area (Å²) in [6.45, 7) is 1.99. The van der Waals surface area contributed by atoms with Gasteiger partial charge in [0.05, 0.1) is 5.38 Å². The molecular weight excluding hydrogens is 204 g/mol. The van der Waals surface area contributed by atoms with Gasteiger partial charge in [0.2, 0.25) is 0 Å². The van der Waals surface area contributed by atoms with Crippen LogP contribution in [0, 0.1) is 0 Å². The Balaban J connectivity index is 2.32. The van der Waals surface area contributed by atoms with Gasteiger partial charge in [-0.15, -0.1) is 11.6 Å². The zero-order chi connectivity index (χ0) is 10.7. The lowest BCUT2D eigenvalue weighted by Gasteiger charge is -2.05. The van der Waals surface area contributed by atoms with Crippen LogP contribution < -0.4 is 0 Å². The standard InChI is InChI=1S/C14H13Cl/c1-11(15)12-7-9-14(10-8-12)13-5-3-2-4-6-13/h2-11H,1H3. The number of hydrogen-bond acceptors (Lipinski definition) is 0. The van der Waals surface area contributed by atoms with E-state index in [-0.39, 0.29) is 5.38 Å². The minimum Gasteiger partial charge on any atom is -0.118 e. The van der Waals surface area contributed by atoms with Gasteiger partial charge in [0.15, 0.2) is 0 Å². The summed E-state index contributed by atoms with van der Waals surface area (Å²) in [5.74, 6) is 0. The van der Waals surface area contributed by atoms with Gasteiger partial charge in [0.25, 0.3) is 0 Å². The third-order valence-electron chi connectivity index (χ3n) is 2.48. The Morgan fingerprint density at radius 1 is 0.800 bits per heavy atom. The van der Waals surface area contributed by atoms with Crippen molar-refractivity contribution in [3.05, 3.63) is 60.2 Å². The predicted molar refractivity (Wildman–Crippen MR) is 66.1 cm³/mol. The quantitative estimate of drug-likeness (QED) is 0.641. The topological polar surface area (TPSA) is 0 Å². The zero-order valence-corrected chi connectivity index (χ0v) is 9.41. The molecule has 2 rings (SSSR count). The van der Waals surface area contributed by atoms with E-state index < -0.39 is 0 Å². The summed E-state index contributed by atoms with van der Waals surface area (Å²) in [6.07, 6.45) is 0. The largest absolute Gasteiger partial charge is 0.118 e. The van der Waals surface area contributed by atoms with Gasteiger partial charge >= 0.3 is 0 Å². The van der Waals surface area contributed by atoms with Crippen molar-refractivity contribution >= 4 is 11.6 Å². The van der Waals surface area contributed by atoms with Crippen molar-refractivity contribution in [1.29, 1.82) is 0 Å². The fourth-order valence-corrected chi connectivity index (χ4v) is 1.72. The average Bonchev–Trinajstić information content (AvgIpc) is 2.30. The molecule has 0 heterocycles. The van der Waals surface area contributed by atoms with Crippen molar-refractivity contribution in [3.63, 3.8) is 0 Å². The Morgan fingerprint density at radius 3 is 1.87 bits per heavy atom. The Morgan fingerprint density at radius 2 is 1.33 bits per heavy atom. The molecule has 0 radical (unpaired) electrons. The molecule has 0 amide bonds. The van der Waals surface area contributed by atoms with Gasteiger partial charge in [-0.25, -0.2) is 0 Å². The van der Waals surface area contributed by atoms with Crippen molar-refractivity contribution in [1.82, 2.24) is 0 Å². The molecule has 0 saturated heterocycles. The first-order valence-electron chi connectivity index (χ1n) is 5.07. The number of rotatable bonds is 2. The smallest absolute Gasteiger partial charge is 0.0557 e. The Hall–Kier alpha value is -1.27. The second-order valence-corrected chi connectivity index (χ2v) is 4.26. The van der Waals surface area contributed by atoms with E-state index >= 15 is 0 Å². The lowest BCUT2D eigenvalue weighted by atomic mass is 10.0. The summed E-state index contributed by atoms with van der Waals surface area (Å²) >= 11 is 6.00. The van der Waals surface area contributed by atoms with Gasteiger partial charge in [-0.05, 0) is 23.6 Å². The number of alkyl halides is 1. The molecule has 0 N–H and O–H groups in total. The molecule has 0 saturated carbocycles. The van der Waals surface area contributed by atoms with Crippen LogP contribution in [0.5, 0.6) is 0 Å². The van der Waals surface area contributed by atoms with E-state index in [9.17, 15) is 0 Å².